The smallest absolute Gasteiger partial charge is 0.320 e. The quantitative estimate of drug-likeness (QED) is 0.0732. The topological polar surface area (TPSA) is 149 Å². The zero-order chi connectivity index (χ0) is 41.1. The SMILES string of the molecule is CC(C)[Si](OCC1CCN(c2nnc3ccc(O[C@@H]4CCC(NC(=O)NC(C=C(N)C(C)(C)C)=Nc5cnn(C)c5)c5ccccc54)cn23)CC1)(C(C)C)C(C)C. The Bertz CT molecular complexity index is 2030. The molecule has 1 unspecified atom stereocenters. The maximum atomic E-state index is 13.5. The number of aromatic nitrogens is 5. The van der Waals surface area contributed by atoms with Gasteiger partial charge in [0.1, 0.15) is 23.4 Å². The van der Waals surface area contributed by atoms with Crippen LogP contribution in [-0.2, 0) is 11.5 Å². The summed E-state index contributed by atoms with van der Waals surface area (Å²) in [6.45, 7) is 22.8. The van der Waals surface area contributed by atoms with Crippen LogP contribution < -0.4 is 26.0 Å². The molecule has 0 radical (unpaired) electrons. The number of benzene rings is 1. The van der Waals surface area contributed by atoms with Crippen LogP contribution in [0.25, 0.3) is 5.65 Å². The van der Waals surface area contributed by atoms with Gasteiger partial charge < -0.3 is 25.1 Å². The Morgan fingerprint density at radius 2 is 1.65 bits per heavy atom. The normalized spacial score (nSPS) is 18.8. The van der Waals surface area contributed by atoms with Gasteiger partial charge in [0.2, 0.25) is 5.95 Å². The van der Waals surface area contributed by atoms with Crippen LogP contribution in [0.2, 0.25) is 16.6 Å². The van der Waals surface area contributed by atoms with Gasteiger partial charge in [0.15, 0.2) is 14.0 Å². The predicted octanol–water partition coefficient (Wildman–Crippen LogP) is 8.74. The van der Waals surface area contributed by atoms with E-state index >= 15 is 0 Å². The molecule has 1 saturated heterocycles. The molecule has 0 saturated carbocycles. The molecule has 4 heterocycles. The van der Waals surface area contributed by atoms with Crippen molar-refractivity contribution in [1.82, 2.24) is 35.0 Å². The van der Waals surface area contributed by atoms with Gasteiger partial charge in [-0.3, -0.25) is 14.4 Å². The first-order valence-corrected chi connectivity index (χ1v) is 22.8. The molecule has 3 aromatic heterocycles. The van der Waals surface area contributed by atoms with E-state index in [0.717, 1.165) is 61.0 Å². The summed E-state index contributed by atoms with van der Waals surface area (Å²) in [5.41, 5.74) is 11.9. The Hall–Kier alpha value is -4.69. The predicted molar refractivity (Wildman–Crippen MR) is 230 cm³/mol. The number of pyridine rings is 1. The van der Waals surface area contributed by atoms with Crippen LogP contribution in [0.3, 0.4) is 0 Å². The van der Waals surface area contributed by atoms with E-state index in [0.29, 0.717) is 52.6 Å². The maximum absolute atomic E-state index is 13.5. The van der Waals surface area contributed by atoms with E-state index < -0.39 is 8.32 Å². The van der Waals surface area contributed by atoms with Crippen molar-refractivity contribution in [3.8, 4) is 5.75 Å². The Balaban J connectivity index is 1.11. The van der Waals surface area contributed by atoms with Crippen LogP contribution in [-0.4, -0.2) is 64.3 Å². The van der Waals surface area contributed by atoms with E-state index in [1.807, 2.05) is 58.3 Å². The summed E-state index contributed by atoms with van der Waals surface area (Å²) in [5, 5.41) is 19.4. The van der Waals surface area contributed by atoms with Gasteiger partial charge in [0.25, 0.3) is 0 Å². The van der Waals surface area contributed by atoms with Gasteiger partial charge in [-0.1, -0.05) is 86.6 Å². The van der Waals surface area contributed by atoms with E-state index in [9.17, 15) is 4.79 Å². The van der Waals surface area contributed by atoms with E-state index in [4.69, 9.17) is 14.9 Å². The van der Waals surface area contributed by atoms with Crippen LogP contribution in [0, 0.1) is 11.3 Å². The molecule has 57 heavy (non-hydrogen) atoms. The van der Waals surface area contributed by atoms with E-state index in [1.165, 1.54) is 0 Å². The first kappa shape index (κ1) is 41.9. The fraction of sp³-hybridized carbons (Fsp3) is 0.558. The van der Waals surface area contributed by atoms with Crippen LogP contribution >= 0.6 is 0 Å². The second kappa shape index (κ2) is 17.4. The first-order chi connectivity index (χ1) is 27.0. The van der Waals surface area contributed by atoms with Crippen molar-refractivity contribution in [2.24, 2.45) is 29.1 Å². The van der Waals surface area contributed by atoms with Crippen molar-refractivity contribution in [3.05, 3.63) is 77.9 Å². The Morgan fingerprint density at radius 1 is 0.965 bits per heavy atom. The number of ether oxygens (including phenoxy) is 1. The maximum Gasteiger partial charge on any atom is 0.320 e. The number of piperidine rings is 1. The molecule has 6 rings (SSSR count). The highest BCUT2D eigenvalue weighted by molar-refractivity contribution is 6.77. The highest BCUT2D eigenvalue weighted by Gasteiger charge is 2.45. The molecule has 1 aliphatic carbocycles. The van der Waals surface area contributed by atoms with Crippen molar-refractivity contribution < 1.29 is 14.0 Å². The summed E-state index contributed by atoms with van der Waals surface area (Å²) in [4.78, 5) is 20.5. The largest absolute Gasteiger partial charge is 0.484 e. The molecule has 4 N–H and O–H groups in total. The van der Waals surface area contributed by atoms with E-state index in [1.54, 1.807) is 23.2 Å². The Kier molecular flexibility index (Phi) is 12.8. The van der Waals surface area contributed by atoms with Gasteiger partial charge in [-0.2, -0.15) is 5.10 Å². The van der Waals surface area contributed by atoms with Gasteiger partial charge in [-0.15, -0.1) is 10.2 Å². The lowest BCUT2D eigenvalue weighted by atomic mass is 9.85. The number of allylic oxidation sites excluding steroid dienone is 1. The van der Waals surface area contributed by atoms with Gasteiger partial charge in [-0.25, -0.2) is 9.79 Å². The van der Waals surface area contributed by atoms with Crippen molar-refractivity contribution >= 4 is 37.5 Å². The molecule has 2 amide bonds. The number of amidine groups is 1. The van der Waals surface area contributed by atoms with Gasteiger partial charge in [0, 0.05) is 43.9 Å². The van der Waals surface area contributed by atoms with Crippen molar-refractivity contribution in [2.45, 2.75) is 117 Å². The Labute approximate surface area is 339 Å². The minimum absolute atomic E-state index is 0.189. The number of rotatable bonds is 12. The molecule has 4 aromatic rings. The van der Waals surface area contributed by atoms with Gasteiger partial charge >= 0.3 is 6.03 Å². The minimum atomic E-state index is -1.89. The summed E-state index contributed by atoms with van der Waals surface area (Å²) in [6, 6.07) is 11.5. The Morgan fingerprint density at radius 3 is 2.28 bits per heavy atom. The monoisotopic (exact) mass is 796 g/mol. The molecule has 1 fully saturated rings. The minimum Gasteiger partial charge on any atom is -0.484 e. The molecule has 2 atom stereocenters. The number of nitrogens with zero attached hydrogens (tertiary/aromatic N) is 7. The lowest BCUT2D eigenvalue weighted by molar-refractivity contribution is 0.171. The first-order valence-electron chi connectivity index (χ1n) is 20.7. The number of nitrogens with one attached hydrogen (secondary N) is 2. The molecule has 14 heteroatoms. The zero-order valence-corrected chi connectivity index (χ0v) is 36.6. The highest BCUT2D eigenvalue weighted by atomic mass is 28.4. The molecule has 2 aliphatic rings. The number of hydrogen-bond acceptors (Lipinski definition) is 9. The third-order valence-corrected chi connectivity index (χ3v) is 18.0. The molecule has 0 spiro atoms. The number of aliphatic imine (C=N–C) groups is 1. The summed E-state index contributed by atoms with van der Waals surface area (Å²) in [6.07, 6.45) is 10.5. The van der Waals surface area contributed by atoms with Crippen LogP contribution in [0.4, 0.5) is 16.4 Å². The summed E-state index contributed by atoms with van der Waals surface area (Å²) in [5.74, 6) is 2.47. The van der Waals surface area contributed by atoms with Crippen molar-refractivity contribution in [3.63, 3.8) is 0 Å². The number of aryl methyl sites for hydroxylation is 1. The molecule has 308 valence electrons. The molecule has 1 aromatic carbocycles. The van der Waals surface area contributed by atoms with Crippen molar-refractivity contribution in [1.29, 1.82) is 0 Å². The number of urea groups is 1. The van der Waals surface area contributed by atoms with Gasteiger partial charge in [0.05, 0.1) is 24.6 Å². The van der Waals surface area contributed by atoms with Crippen LogP contribution in [0.15, 0.2) is 71.8 Å². The fourth-order valence-electron chi connectivity index (χ4n) is 8.77. The number of carbonyl (C=O) groups is 1. The zero-order valence-electron chi connectivity index (χ0n) is 35.6. The lowest BCUT2D eigenvalue weighted by Gasteiger charge is -2.43. The molecular formula is C43H64N10O3Si. The lowest BCUT2D eigenvalue weighted by Crippen LogP contribution is -2.49. The average molecular weight is 797 g/mol. The third kappa shape index (κ3) is 9.55. The number of amides is 2. The van der Waals surface area contributed by atoms with Crippen LogP contribution in [0.5, 0.6) is 5.75 Å². The molecule has 1 aliphatic heterocycles. The highest BCUT2D eigenvalue weighted by Crippen LogP contribution is 2.43. The summed E-state index contributed by atoms with van der Waals surface area (Å²) >= 11 is 0. The average Bonchev–Trinajstić information content (AvgIpc) is 3.77. The van der Waals surface area contributed by atoms with E-state index in [2.05, 4.69) is 93.9 Å². The van der Waals surface area contributed by atoms with Gasteiger partial charge in [-0.05, 0) is 71.5 Å². The number of carbonyl (C=O) groups excluding carboxylic acids is 1. The second-order valence-corrected chi connectivity index (χ2v) is 23.3. The molecule has 13 nitrogen and oxygen atoms in total. The fourth-order valence-corrected chi connectivity index (χ4v) is 14.3. The number of fused-ring (bicyclic) bond motifs is 2. The van der Waals surface area contributed by atoms with Crippen LogP contribution in [0.1, 0.15) is 111 Å². The summed E-state index contributed by atoms with van der Waals surface area (Å²) < 4.78 is 17.4. The second-order valence-electron chi connectivity index (χ2n) is 17.8. The summed E-state index contributed by atoms with van der Waals surface area (Å²) in [7, 11) is -0.0732. The third-order valence-electron chi connectivity index (χ3n) is 11.9. The number of nitrogens with two attached hydrogens (primary N) is 1. The van der Waals surface area contributed by atoms with Crippen molar-refractivity contribution in [2.75, 3.05) is 24.6 Å². The van der Waals surface area contributed by atoms with E-state index in [-0.39, 0.29) is 23.6 Å². The number of anilines is 1. The standard InChI is InChI=1S/C43H64N10O3Si/c1-28(2)57(29(3)4,30(5)6)55-27-31-19-21-52(22-20-31)42-50-49-40-18-15-33(26-53(40)42)56-37-17-16-36(34-13-11-12-14-35(34)37)47-41(54)48-39(23-38(44)43(7,8)9)46-32-24-45-51(10)25-32/h11-15,18,23-26,28-31,36-37H,16-17,19-22,27,44H2,1-10H3,(H2,46,47,48,54)/t36?,37-/m1/s1. The molecular weight excluding hydrogens is 733 g/mol. The number of hydrogen-bond donors (Lipinski definition) is 3. The molecule has 0 bridgehead atoms.